The number of nitrogens with one attached hydrogen (secondary N) is 2. The highest BCUT2D eigenvalue weighted by atomic mass is 32.2. The van der Waals surface area contributed by atoms with Crippen molar-refractivity contribution >= 4 is 27.3 Å². The fraction of sp³-hybridized carbons (Fsp3) is 0.136. The Balaban J connectivity index is 1.67. The maximum absolute atomic E-state index is 13.8. The zero-order chi connectivity index (χ0) is 22.4. The molecule has 0 aliphatic rings. The van der Waals surface area contributed by atoms with Crippen molar-refractivity contribution < 1.29 is 26.7 Å². The number of hydrogen-bond acceptors (Lipinski definition) is 4. The molecule has 3 rings (SSSR count). The van der Waals surface area contributed by atoms with E-state index in [1.54, 1.807) is 13.0 Å². The first-order valence-corrected chi connectivity index (χ1v) is 10.9. The number of hydrogen-bond donors (Lipinski definition) is 2. The number of anilines is 2. The number of rotatable bonds is 8. The molecule has 0 spiro atoms. The van der Waals surface area contributed by atoms with Crippen molar-refractivity contribution in [2.75, 3.05) is 10.0 Å². The summed E-state index contributed by atoms with van der Waals surface area (Å²) < 4.78 is 59.5. The summed E-state index contributed by atoms with van der Waals surface area (Å²) in [5.74, 6) is -1.58. The molecular weight excluding hydrogens is 426 g/mol. The molecule has 0 heterocycles. The van der Waals surface area contributed by atoms with Crippen LogP contribution in [0.2, 0.25) is 0 Å². The van der Waals surface area contributed by atoms with Gasteiger partial charge < -0.3 is 10.1 Å². The van der Waals surface area contributed by atoms with Crippen LogP contribution >= 0.6 is 0 Å². The molecule has 0 bridgehead atoms. The smallest absolute Gasteiger partial charge is 0.265 e. The molecule has 0 fully saturated rings. The molecule has 0 saturated carbocycles. The topological polar surface area (TPSA) is 84.5 Å². The van der Waals surface area contributed by atoms with Gasteiger partial charge >= 0.3 is 0 Å². The van der Waals surface area contributed by atoms with Crippen molar-refractivity contribution in [2.24, 2.45) is 0 Å². The van der Waals surface area contributed by atoms with Crippen molar-refractivity contribution in [1.29, 1.82) is 0 Å². The fourth-order valence-corrected chi connectivity index (χ4v) is 3.75. The Morgan fingerprint density at radius 1 is 0.935 bits per heavy atom. The largest absolute Gasteiger partial charge is 0.478 e. The van der Waals surface area contributed by atoms with Crippen LogP contribution in [0.5, 0.6) is 5.75 Å². The van der Waals surface area contributed by atoms with E-state index in [0.29, 0.717) is 12.1 Å². The molecule has 0 unspecified atom stereocenters. The van der Waals surface area contributed by atoms with Crippen molar-refractivity contribution in [3.8, 4) is 5.75 Å². The summed E-state index contributed by atoms with van der Waals surface area (Å²) in [6.45, 7) is 1.72. The zero-order valence-electron chi connectivity index (χ0n) is 16.5. The zero-order valence-corrected chi connectivity index (χ0v) is 17.3. The van der Waals surface area contributed by atoms with E-state index >= 15 is 0 Å². The van der Waals surface area contributed by atoms with E-state index in [9.17, 15) is 22.0 Å². The van der Waals surface area contributed by atoms with E-state index in [2.05, 4.69) is 10.0 Å². The van der Waals surface area contributed by atoms with Gasteiger partial charge in [-0.2, -0.15) is 0 Å². The molecule has 9 heteroatoms. The van der Waals surface area contributed by atoms with Crippen LogP contribution in [-0.2, 0) is 14.8 Å². The third kappa shape index (κ3) is 5.79. The third-order valence-electron chi connectivity index (χ3n) is 4.30. The normalized spacial score (nSPS) is 12.1. The van der Waals surface area contributed by atoms with Gasteiger partial charge in [-0.3, -0.25) is 9.52 Å². The summed E-state index contributed by atoms with van der Waals surface area (Å²) in [5.41, 5.74) is 0.566. The molecule has 162 valence electrons. The number of carbonyl (C=O) groups excluding carboxylic acids is 1. The van der Waals surface area contributed by atoms with Crippen LogP contribution in [0.25, 0.3) is 0 Å². The Kier molecular flexibility index (Phi) is 6.86. The van der Waals surface area contributed by atoms with Crippen molar-refractivity contribution in [1.82, 2.24) is 0 Å². The molecule has 0 aromatic heterocycles. The lowest BCUT2D eigenvalue weighted by Gasteiger charge is -2.17. The molecule has 0 radical (unpaired) electrons. The first kappa shape index (κ1) is 22.2. The van der Waals surface area contributed by atoms with Gasteiger partial charge in [0.15, 0.2) is 17.7 Å². The standard InChI is InChI=1S/C22H20F2N2O4S/c1-2-20(30-21-6-4-3-5-19(21)24)22(27)25-16-11-13-18(14-12-16)31(28,29)26-17-9-7-15(23)8-10-17/h3-14,20,26H,2H2,1H3,(H,25,27)/t20-/m1/s1. The number of sulfonamides is 1. The van der Waals surface area contributed by atoms with Crippen molar-refractivity contribution in [3.63, 3.8) is 0 Å². The Bertz CT molecular complexity index is 1150. The highest BCUT2D eigenvalue weighted by molar-refractivity contribution is 7.92. The molecule has 0 aliphatic carbocycles. The lowest BCUT2D eigenvalue weighted by atomic mass is 10.2. The van der Waals surface area contributed by atoms with Gasteiger partial charge in [0, 0.05) is 11.4 Å². The average molecular weight is 446 g/mol. The Morgan fingerprint density at radius 3 is 2.16 bits per heavy atom. The summed E-state index contributed by atoms with van der Waals surface area (Å²) in [4.78, 5) is 12.5. The molecular formula is C22H20F2N2O4S. The average Bonchev–Trinajstić information content (AvgIpc) is 2.75. The van der Waals surface area contributed by atoms with E-state index in [4.69, 9.17) is 4.74 Å². The lowest BCUT2D eigenvalue weighted by Crippen LogP contribution is -2.32. The van der Waals surface area contributed by atoms with E-state index in [1.165, 1.54) is 54.6 Å². The minimum atomic E-state index is -3.89. The first-order valence-electron chi connectivity index (χ1n) is 9.39. The molecule has 3 aromatic rings. The summed E-state index contributed by atoms with van der Waals surface area (Å²) in [6, 6.07) is 16.2. The highest BCUT2D eigenvalue weighted by Gasteiger charge is 2.20. The second kappa shape index (κ2) is 9.57. The molecule has 1 amide bonds. The van der Waals surface area contributed by atoms with Crippen LogP contribution in [0.15, 0.2) is 77.7 Å². The van der Waals surface area contributed by atoms with E-state index in [-0.39, 0.29) is 16.3 Å². The van der Waals surface area contributed by atoms with Crippen LogP contribution in [-0.4, -0.2) is 20.4 Å². The Hall–Kier alpha value is -3.46. The molecule has 6 nitrogen and oxygen atoms in total. The van der Waals surface area contributed by atoms with E-state index in [0.717, 1.165) is 12.1 Å². The number of ether oxygens (including phenoxy) is 1. The minimum Gasteiger partial charge on any atom is -0.478 e. The Labute approximate surface area is 178 Å². The van der Waals surface area contributed by atoms with Crippen LogP contribution in [0.1, 0.15) is 13.3 Å². The van der Waals surface area contributed by atoms with Gasteiger partial charge in [-0.25, -0.2) is 17.2 Å². The maximum Gasteiger partial charge on any atom is 0.265 e. The number of halogens is 2. The summed E-state index contributed by atoms with van der Waals surface area (Å²) >= 11 is 0. The first-order chi connectivity index (χ1) is 14.8. The molecule has 31 heavy (non-hydrogen) atoms. The van der Waals surface area contributed by atoms with Gasteiger partial charge in [0.1, 0.15) is 5.82 Å². The number of amides is 1. The van der Waals surface area contributed by atoms with Crippen molar-refractivity contribution in [2.45, 2.75) is 24.3 Å². The Morgan fingerprint density at radius 2 is 1.55 bits per heavy atom. The van der Waals surface area contributed by atoms with Gasteiger partial charge in [-0.15, -0.1) is 0 Å². The third-order valence-corrected chi connectivity index (χ3v) is 5.69. The quantitative estimate of drug-likeness (QED) is 0.531. The van der Waals surface area contributed by atoms with Gasteiger partial charge in [0.05, 0.1) is 4.90 Å². The lowest BCUT2D eigenvalue weighted by molar-refractivity contribution is -0.122. The highest BCUT2D eigenvalue weighted by Crippen LogP contribution is 2.21. The van der Waals surface area contributed by atoms with Gasteiger partial charge in [0.2, 0.25) is 0 Å². The monoisotopic (exact) mass is 446 g/mol. The second-order valence-corrected chi connectivity index (χ2v) is 8.25. The second-order valence-electron chi connectivity index (χ2n) is 6.57. The minimum absolute atomic E-state index is 0.0298. The van der Waals surface area contributed by atoms with Crippen LogP contribution in [0, 0.1) is 11.6 Å². The summed E-state index contributed by atoms with van der Waals surface area (Å²) in [5, 5.41) is 2.62. The predicted molar refractivity (Wildman–Crippen MR) is 113 cm³/mol. The predicted octanol–water partition coefficient (Wildman–Crippen LogP) is 4.56. The van der Waals surface area contributed by atoms with Crippen LogP contribution < -0.4 is 14.8 Å². The van der Waals surface area contributed by atoms with E-state index < -0.39 is 33.7 Å². The van der Waals surface area contributed by atoms with Crippen LogP contribution in [0.3, 0.4) is 0 Å². The van der Waals surface area contributed by atoms with Gasteiger partial charge in [0.25, 0.3) is 15.9 Å². The molecule has 0 saturated heterocycles. The molecule has 0 aliphatic heterocycles. The molecule has 3 aromatic carbocycles. The maximum atomic E-state index is 13.8. The number of benzene rings is 3. The van der Waals surface area contributed by atoms with Crippen LogP contribution in [0.4, 0.5) is 20.2 Å². The van der Waals surface area contributed by atoms with E-state index in [1.807, 2.05) is 0 Å². The number of carbonyl (C=O) groups is 1. The van der Waals surface area contributed by atoms with Gasteiger partial charge in [-0.1, -0.05) is 19.1 Å². The SMILES string of the molecule is CC[C@@H](Oc1ccccc1F)C(=O)Nc1ccc(S(=O)(=O)Nc2ccc(F)cc2)cc1. The fourth-order valence-electron chi connectivity index (χ4n) is 2.69. The summed E-state index contributed by atoms with van der Waals surface area (Å²) in [7, 11) is -3.89. The molecule has 1 atom stereocenters. The van der Waals surface area contributed by atoms with Gasteiger partial charge in [-0.05, 0) is 67.1 Å². The summed E-state index contributed by atoms with van der Waals surface area (Å²) in [6.07, 6.45) is -0.630. The number of para-hydroxylation sites is 1. The molecule has 2 N–H and O–H groups in total. The van der Waals surface area contributed by atoms with Crippen molar-refractivity contribution in [3.05, 3.63) is 84.4 Å².